The molecule has 0 saturated carbocycles. The third-order valence-electron chi connectivity index (χ3n) is 5.33. The van der Waals surface area contributed by atoms with Crippen molar-refractivity contribution >= 4 is 17.4 Å². The molecule has 0 unspecified atom stereocenters. The topological polar surface area (TPSA) is 83.6 Å². The van der Waals surface area contributed by atoms with E-state index in [1.165, 1.54) is 18.7 Å². The summed E-state index contributed by atoms with van der Waals surface area (Å²) in [6.07, 6.45) is 1.69. The first kappa shape index (κ1) is 20.7. The highest BCUT2D eigenvalue weighted by atomic mass is 19.1. The predicted octanol–water partition coefficient (Wildman–Crippen LogP) is 3.37. The Labute approximate surface area is 167 Å². The first-order valence-electron chi connectivity index (χ1n) is 9.13. The second-order valence-electron chi connectivity index (χ2n) is 7.64. The SMILES string of the molecule is CC(C)(C(=O)O)[C@@H](N)C(=O)N1CC(c2cc(F)ccc2F)=C[C@H]1c1ccccc1. The zero-order valence-electron chi connectivity index (χ0n) is 16.1. The fourth-order valence-corrected chi connectivity index (χ4v) is 3.30. The van der Waals surface area contributed by atoms with Gasteiger partial charge < -0.3 is 15.7 Å². The molecule has 0 saturated heterocycles. The summed E-state index contributed by atoms with van der Waals surface area (Å²) in [7, 11) is 0. The Morgan fingerprint density at radius 3 is 2.45 bits per heavy atom. The van der Waals surface area contributed by atoms with Crippen molar-refractivity contribution in [3.05, 3.63) is 77.4 Å². The summed E-state index contributed by atoms with van der Waals surface area (Å²) in [6.45, 7) is 2.75. The molecule has 0 aliphatic carbocycles. The van der Waals surface area contributed by atoms with Gasteiger partial charge >= 0.3 is 5.97 Å². The van der Waals surface area contributed by atoms with Gasteiger partial charge in [0.2, 0.25) is 5.91 Å². The van der Waals surface area contributed by atoms with Crippen LogP contribution in [-0.2, 0) is 9.59 Å². The normalized spacial score (nSPS) is 17.8. The van der Waals surface area contributed by atoms with Gasteiger partial charge in [0.15, 0.2) is 0 Å². The maximum Gasteiger partial charge on any atom is 0.311 e. The molecule has 2 atom stereocenters. The first-order chi connectivity index (χ1) is 13.6. The number of carbonyl (C=O) groups is 2. The number of nitrogens with zero attached hydrogens (tertiary/aromatic N) is 1. The third kappa shape index (κ3) is 3.91. The Morgan fingerprint density at radius 1 is 1.17 bits per heavy atom. The minimum atomic E-state index is -1.49. The number of rotatable bonds is 5. The highest BCUT2D eigenvalue weighted by molar-refractivity contribution is 5.92. The van der Waals surface area contributed by atoms with Gasteiger partial charge in [-0.25, -0.2) is 8.78 Å². The summed E-state index contributed by atoms with van der Waals surface area (Å²) in [5.41, 5.74) is 5.78. The third-order valence-corrected chi connectivity index (χ3v) is 5.33. The summed E-state index contributed by atoms with van der Waals surface area (Å²) in [5, 5.41) is 9.43. The van der Waals surface area contributed by atoms with Gasteiger partial charge in [0.05, 0.1) is 11.5 Å². The van der Waals surface area contributed by atoms with E-state index in [0.717, 1.165) is 23.8 Å². The fourth-order valence-electron chi connectivity index (χ4n) is 3.30. The van der Waals surface area contributed by atoms with Crippen LogP contribution in [0.5, 0.6) is 0 Å². The Hall–Kier alpha value is -3.06. The fraction of sp³-hybridized carbons (Fsp3) is 0.273. The van der Waals surface area contributed by atoms with Crippen molar-refractivity contribution in [2.24, 2.45) is 11.1 Å². The smallest absolute Gasteiger partial charge is 0.311 e. The number of amides is 1. The van der Waals surface area contributed by atoms with E-state index in [9.17, 15) is 23.5 Å². The number of nitrogens with two attached hydrogens (primary N) is 1. The number of carboxylic acids is 1. The number of hydrogen-bond donors (Lipinski definition) is 2. The number of benzene rings is 2. The molecule has 152 valence electrons. The first-order valence-corrected chi connectivity index (χ1v) is 9.13. The van der Waals surface area contributed by atoms with E-state index in [-0.39, 0.29) is 12.1 Å². The highest BCUT2D eigenvalue weighted by Crippen LogP contribution is 2.37. The minimum absolute atomic E-state index is 0.0117. The van der Waals surface area contributed by atoms with E-state index in [0.29, 0.717) is 5.57 Å². The van der Waals surface area contributed by atoms with Gasteiger partial charge in [-0.3, -0.25) is 9.59 Å². The number of aliphatic carboxylic acids is 1. The highest BCUT2D eigenvalue weighted by Gasteiger charge is 2.43. The van der Waals surface area contributed by atoms with Crippen LogP contribution in [0.25, 0.3) is 5.57 Å². The minimum Gasteiger partial charge on any atom is -0.481 e. The lowest BCUT2D eigenvalue weighted by molar-refractivity contribution is -0.153. The van der Waals surface area contributed by atoms with Gasteiger partial charge in [-0.15, -0.1) is 0 Å². The molecule has 29 heavy (non-hydrogen) atoms. The van der Waals surface area contributed by atoms with Crippen LogP contribution in [0.15, 0.2) is 54.6 Å². The van der Waals surface area contributed by atoms with E-state index in [1.807, 2.05) is 6.07 Å². The van der Waals surface area contributed by atoms with Gasteiger partial charge in [-0.2, -0.15) is 0 Å². The molecular weight excluding hydrogens is 378 g/mol. The Balaban J connectivity index is 2.02. The van der Waals surface area contributed by atoms with E-state index in [4.69, 9.17) is 5.73 Å². The maximum absolute atomic E-state index is 14.3. The standard InChI is InChI=1S/C22H22F2N2O3/c1-22(2,21(28)29)19(25)20(27)26-12-14(16-11-15(23)8-9-17(16)24)10-18(26)13-6-4-3-5-7-13/h3-11,18-19H,12,25H2,1-2H3,(H,28,29)/t18-,19-/m0/s1. The lowest BCUT2D eigenvalue weighted by atomic mass is 9.84. The van der Waals surface area contributed by atoms with Crippen molar-refractivity contribution in [3.63, 3.8) is 0 Å². The molecule has 0 aromatic heterocycles. The molecule has 3 N–H and O–H groups in total. The van der Waals surface area contributed by atoms with Gasteiger partial charge in [0.1, 0.15) is 17.7 Å². The molecule has 1 heterocycles. The largest absolute Gasteiger partial charge is 0.481 e. The Bertz CT molecular complexity index is 973. The van der Waals surface area contributed by atoms with Gasteiger partial charge in [0, 0.05) is 12.1 Å². The van der Waals surface area contributed by atoms with E-state index >= 15 is 0 Å². The second-order valence-corrected chi connectivity index (χ2v) is 7.64. The number of carboxylic acid groups (broad SMARTS) is 1. The molecule has 1 amide bonds. The maximum atomic E-state index is 14.3. The average Bonchev–Trinajstić information content (AvgIpc) is 3.14. The van der Waals surface area contributed by atoms with Crippen molar-refractivity contribution in [1.82, 2.24) is 4.90 Å². The zero-order valence-corrected chi connectivity index (χ0v) is 16.1. The lowest BCUT2D eigenvalue weighted by Gasteiger charge is -2.33. The molecule has 0 radical (unpaired) electrons. The Kier molecular flexibility index (Phi) is 5.53. The van der Waals surface area contributed by atoms with Crippen molar-refractivity contribution in [2.45, 2.75) is 25.9 Å². The summed E-state index contributed by atoms with van der Waals surface area (Å²) >= 11 is 0. The van der Waals surface area contributed by atoms with Crippen LogP contribution in [0, 0.1) is 17.0 Å². The van der Waals surface area contributed by atoms with Gasteiger partial charge in [0.25, 0.3) is 0 Å². The monoisotopic (exact) mass is 400 g/mol. The van der Waals surface area contributed by atoms with Crippen LogP contribution in [0.2, 0.25) is 0 Å². The molecular formula is C22H22F2N2O3. The van der Waals surface area contributed by atoms with Crippen LogP contribution < -0.4 is 5.73 Å². The summed E-state index contributed by atoms with van der Waals surface area (Å²) < 4.78 is 28.0. The number of halogens is 2. The molecule has 1 aliphatic heterocycles. The van der Waals surface area contributed by atoms with Crippen LogP contribution >= 0.6 is 0 Å². The predicted molar refractivity (Wildman–Crippen MR) is 105 cm³/mol. The van der Waals surface area contributed by atoms with Crippen molar-refractivity contribution < 1.29 is 23.5 Å². The molecule has 0 bridgehead atoms. The molecule has 0 spiro atoms. The number of hydrogen-bond acceptors (Lipinski definition) is 3. The van der Waals surface area contributed by atoms with E-state index < -0.39 is 41.0 Å². The van der Waals surface area contributed by atoms with Gasteiger partial charge in [-0.1, -0.05) is 36.4 Å². The molecule has 3 rings (SSSR count). The molecule has 7 heteroatoms. The van der Waals surface area contributed by atoms with Gasteiger partial charge in [-0.05, 0) is 43.2 Å². The molecule has 2 aromatic carbocycles. The van der Waals surface area contributed by atoms with Crippen LogP contribution in [0.4, 0.5) is 8.78 Å². The van der Waals surface area contributed by atoms with E-state index in [2.05, 4.69) is 0 Å². The Morgan fingerprint density at radius 2 is 1.83 bits per heavy atom. The molecule has 2 aromatic rings. The molecule has 0 fully saturated rings. The molecule has 1 aliphatic rings. The summed E-state index contributed by atoms with van der Waals surface area (Å²) in [6, 6.07) is 10.3. The number of carbonyl (C=O) groups excluding carboxylic acids is 1. The van der Waals surface area contributed by atoms with Crippen molar-refractivity contribution in [1.29, 1.82) is 0 Å². The lowest BCUT2D eigenvalue weighted by Crippen LogP contribution is -2.54. The zero-order chi connectivity index (χ0) is 21.3. The van der Waals surface area contributed by atoms with Crippen LogP contribution in [-0.4, -0.2) is 34.5 Å². The molecule has 5 nitrogen and oxygen atoms in total. The van der Waals surface area contributed by atoms with Crippen molar-refractivity contribution in [3.8, 4) is 0 Å². The summed E-state index contributed by atoms with van der Waals surface area (Å²) in [4.78, 5) is 26.1. The quantitative estimate of drug-likeness (QED) is 0.806. The van der Waals surface area contributed by atoms with Crippen LogP contribution in [0.3, 0.4) is 0 Å². The van der Waals surface area contributed by atoms with Crippen molar-refractivity contribution in [2.75, 3.05) is 6.54 Å². The second kappa shape index (κ2) is 7.75. The average molecular weight is 400 g/mol. The van der Waals surface area contributed by atoms with E-state index in [1.54, 1.807) is 30.3 Å². The summed E-state index contributed by atoms with van der Waals surface area (Å²) in [5.74, 6) is -2.96. The van der Waals surface area contributed by atoms with Crippen LogP contribution in [0.1, 0.15) is 31.0 Å².